The molecule has 1 aliphatic heterocycles. The number of aryl methyl sites for hydroxylation is 2. The first-order valence-electron chi connectivity index (χ1n) is 13.8. The molecule has 0 aromatic heterocycles. The predicted octanol–water partition coefficient (Wildman–Crippen LogP) is 9.92. The highest BCUT2D eigenvalue weighted by Crippen LogP contribution is 2.37. The van der Waals surface area contributed by atoms with Crippen LogP contribution in [0.2, 0.25) is 0 Å². The highest BCUT2D eigenvalue weighted by atomic mass is 15.2. The molecule has 0 unspecified atom stereocenters. The Morgan fingerprint density at radius 3 is 1.68 bits per heavy atom. The highest BCUT2D eigenvalue weighted by molar-refractivity contribution is 5.78. The van der Waals surface area contributed by atoms with Crippen molar-refractivity contribution in [3.63, 3.8) is 0 Å². The van der Waals surface area contributed by atoms with Gasteiger partial charge in [0.25, 0.3) is 0 Å². The van der Waals surface area contributed by atoms with Gasteiger partial charge in [0.15, 0.2) is 0 Å². The van der Waals surface area contributed by atoms with Crippen molar-refractivity contribution in [2.75, 3.05) is 0 Å². The maximum Gasteiger partial charge on any atom is 0.210 e. The van der Waals surface area contributed by atoms with Crippen molar-refractivity contribution in [2.24, 2.45) is 0 Å². The maximum atomic E-state index is 11.3. The van der Waals surface area contributed by atoms with Gasteiger partial charge in [-0.25, -0.2) is 4.70 Å². The summed E-state index contributed by atoms with van der Waals surface area (Å²) in [6.45, 7) is 6.72. The topological polar surface area (TPSA) is 25.3 Å². The molecule has 182 valence electrons. The second kappa shape index (κ2) is 14.0. The lowest BCUT2D eigenvalue weighted by Crippen LogP contribution is -2.02. The van der Waals surface area contributed by atoms with Crippen LogP contribution in [0, 0.1) is 0 Å². The third-order valence-electron chi connectivity index (χ3n) is 6.97. The molecule has 3 rings (SSSR count). The number of nitrogens with zero attached hydrogens (tertiary/aromatic N) is 2. The van der Waals surface area contributed by atoms with Gasteiger partial charge in [0.05, 0.1) is 0 Å². The lowest BCUT2D eigenvalue weighted by molar-refractivity contribution is -0.344. The van der Waals surface area contributed by atoms with Gasteiger partial charge in [-0.2, -0.15) is 0 Å². The fraction of sp³-hybridized carbons (Fsp3) is 0.500. The smallest absolute Gasteiger partial charge is 0.210 e. The van der Waals surface area contributed by atoms with E-state index in [-0.39, 0.29) is 0 Å². The highest BCUT2D eigenvalue weighted by Gasteiger charge is 2.28. The molecule has 1 heterocycles. The van der Waals surface area contributed by atoms with E-state index < -0.39 is 0 Å². The van der Waals surface area contributed by atoms with Crippen LogP contribution >= 0.6 is 0 Å². The first-order valence-corrected chi connectivity index (χ1v) is 13.8. The minimum atomic E-state index is 0.891. The Kier molecular flexibility index (Phi) is 10.8. The van der Waals surface area contributed by atoms with Crippen LogP contribution in [0.3, 0.4) is 0 Å². The molecule has 0 saturated heterocycles. The fourth-order valence-electron chi connectivity index (χ4n) is 4.78. The van der Waals surface area contributed by atoms with Crippen LogP contribution < -0.4 is 0 Å². The Morgan fingerprint density at radius 1 is 0.559 bits per heavy atom. The maximum absolute atomic E-state index is 11.3. The molecule has 2 aromatic rings. The molecule has 0 fully saturated rings. The molecule has 2 aromatic carbocycles. The van der Waals surface area contributed by atoms with Gasteiger partial charge in [0.1, 0.15) is 0 Å². The van der Waals surface area contributed by atoms with Gasteiger partial charge in [0, 0.05) is 22.8 Å². The van der Waals surface area contributed by atoms with Crippen molar-refractivity contribution < 1.29 is 4.70 Å². The Balaban J connectivity index is 1.69. The summed E-state index contributed by atoms with van der Waals surface area (Å²) in [4.78, 5) is 0. The first-order chi connectivity index (χ1) is 16.7. The van der Waals surface area contributed by atoms with Crippen molar-refractivity contribution in [1.29, 1.82) is 0 Å². The van der Waals surface area contributed by atoms with E-state index in [2.05, 4.69) is 75.4 Å². The predicted molar refractivity (Wildman–Crippen MR) is 147 cm³/mol. The van der Waals surface area contributed by atoms with Crippen LogP contribution in [0.5, 0.6) is 0 Å². The average molecular weight is 457 g/mol. The summed E-state index contributed by atoms with van der Waals surface area (Å²) >= 11 is 0. The van der Waals surface area contributed by atoms with Gasteiger partial charge < -0.3 is 5.53 Å². The van der Waals surface area contributed by atoms with Crippen LogP contribution in [-0.4, -0.2) is 4.70 Å². The van der Waals surface area contributed by atoms with E-state index in [9.17, 15) is 5.53 Å². The van der Waals surface area contributed by atoms with Crippen LogP contribution in [0.1, 0.15) is 114 Å². The van der Waals surface area contributed by atoms with Crippen LogP contribution in [0.4, 0.5) is 0 Å². The standard InChI is InChI=1S/C32H44N2/c1-4-7-10-11-12-13-15-27-17-21-28(22-18-27)31-25-30(16-9-6-3)32(34(31)33)29-23-19-26(20-24-29)14-8-5-2/h17-25H,4-16H2,1-3H3. The van der Waals surface area contributed by atoms with E-state index in [1.807, 2.05) is 0 Å². The van der Waals surface area contributed by atoms with E-state index in [1.54, 1.807) is 0 Å². The van der Waals surface area contributed by atoms with Gasteiger partial charge >= 0.3 is 0 Å². The number of unbranched alkanes of at least 4 members (excludes halogenated alkanes) is 7. The van der Waals surface area contributed by atoms with Gasteiger partial charge in [-0.1, -0.05) is 90.0 Å². The summed E-state index contributed by atoms with van der Waals surface area (Å²) in [5.74, 6) is 0. The molecule has 0 spiro atoms. The van der Waals surface area contributed by atoms with Crippen LogP contribution in [0.15, 0.2) is 60.2 Å². The Bertz CT molecular complexity index is 961. The summed E-state index contributed by atoms with van der Waals surface area (Å²) in [5, 5.41) is 0. The van der Waals surface area contributed by atoms with E-state index >= 15 is 0 Å². The number of hydrogen-bond donors (Lipinski definition) is 0. The molecule has 0 saturated carbocycles. The van der Waals surface area contributed by atoms with Crippen LogP contribution in [0.25, 0.3) is 16.9 Å². The number of benzene rings is 2. The summed E-state index contributed by atoms with van der Waals surface area (Å²) < 4.78 is 1.43. The zero-order valence-corrected chi connectivity index (χ0v) is 21.8. The Labute approximate surface area is 208 Å². The van der Waals surface area contributed by atoms with Crippen molar-refractivity contribution in [3.8, 4) is 0 Å². The van der Waals surface area contributed by atoms with E-state index in [0.29, 0.717) is 0 Å². The molecule has 2 heteroatoms. The van der Waals surface area contributed by atoms with Crippen molar-refractivity contribution in [2.45, 2.75) is 104 Å². The number of rotatable bonds is 15. The summed E-state index contributed by atoms with van der Waals surface area (Å²) in [6.07, 6.45) is 18.1. The minimum absolute atomic E-state index is 0.891. The summed E-state index contributed by atoms with van der Waals surface area (Å²) in [7, 11) is 0. The SMILES string of the molecule is CCCCCCCCc1ccc(C2=CC(CCCC)=C(c3ccc(CCCC)cc3)[N+]2=[N-])cc1. The van der Waals surface area contributed by atoms with Crippen molar-refractivity contribution in [3.05, 3.63) is 88.0 Å². The van der Waals surface area contributed by atoms with Gasteiger partial charge in [-0.05, 0) is 73.9 Å². The summed E-state index contributed by atoms with van der Waals surface area (Å²) in [5.41, 5.74) is 19.3. The molecule has 0 amide bonds. The molecule has 0 atom stereocenters. The quantitative estimate of drug-likeness (QED) is 0.188. The van der Waals surface area contributed by atoms with Crippen LogP contribution in [-0.2, 0) is 12.8 Å². The molecule has 34 heavy (non-hydrogen) atoms. The normalized spacial score (nSPS) is 13.6. The minimum Gasteiger partial charge on any atom is -0.493 e. The third kappa shape index (κ3) is 7.26. The average Bonchev–Trinajstić information content (AvgIpc) is 3.20. The van der Waals surface area contributed by atoms with E-state index in [0.717, 1.165) is 54.6 Å². The lowest BCUT2D eigenvalue weighted by Gasteiger charge is -2.11. The van der Waals surface area contributed by atoms with E-state index in [4.69, 9.17) is 0 Å². The zero-order valence-electron chi connectivity index (χ0n) is 21.8. The third-order valence-corrected chi connectivity index (χ3v) is 6.97. The number of allylic oxidation sites excluding steroid dienone is 2. The molecular formula is C32H44N2. The number of hydrogen-bond acceptors (Lipinski definition) is 0. The zero-order chi connectivity index (χ0) is 24.2. The Morgan fingerprint density at radius 2 is 1.06 bits per heavy atom. The van der Waals surface area contributed by atoms with Crippen molar-refractivity contribution in [1.82, 2.24) is 0 Å². The second-order valence-electron chi connectivity index (χ2n) is 9.83. The van der Waals surface area contributed by atoms with Gasteiger partial charge in [-0.3, -0.25) is 0 Å². The Hall–Kier alpha value is -2.48. The van der Waals surface area contributed by atoms with Gasteiger partial charge in [0.2, 0.25) is 11.4 Å². The fourth-order valence-corrected chi connectivity index (χ4v) is 4.78. The molecule has 2 nitrogen and oxygen atoms in total. The van der Waals surface area contributed by atoms with E-state index in [1.165, 1.54) is 72.8 Å². The first kappa shape index (κ1) is 26.1. The summed E-state index contributed by atoms with van der Waals surface area (Å²) in [6, 6.07) is 17.6. The second-order valence-corrected chi connectivity index (χ2v) is 9.83. The molecule has 0 N–H and O–H groups in total. The lowest BCUT2D eigenvalue weighted by atomic mass is 10.0. The monoisotopic (exact) mass is 456 g/mol. The van der Waals surface area contributed by atoms with Gasteiger partial charge in [-0.15, -0.1) is 0 Å². The molecule has 0 aliphatic carbocycles. The largest absolute Gasteiger partial charge is 0.493 e. The molecule has 0 radical (unpaired) electrons. The molecule has 1 aliphatic rings. The molecule has 0 bridgehead atoms. The van der Waals surface area contributed by atoms with Crippen molar-refractivity contribution >= 4 is 11.4 Å². The molecular weight excluding hydrogens is 412 g/mol.